The van der Waals surface area contributed by atoms with Crippen molar-refractivity contribution >= 4 is 17.2 Å². The Kier molecular flexibility index (Phi) is 10.6. The van der Waals surface area contributed by atoms with E-state index in [9.17, 15) is 0 Å². The standard InChI is InChI=1S/C19H27ClN2.Li.2H2O/c1-19(2)9-3-4-17(15-5-7-16(20)8-6-15)18(19)14-22-12-10-21-11-13-22;;;/h5-8,21H,3-4,9-14H2,1-2H3;;2*1H2/q;+1;;/p-1. The molecule has 4 N–H and O–H groups in total. The third-order valence-corrected chi connectivity index (χ3v) is 5.45. The summed E-state index contributed by atoms with van der Waals surface area (Å²) in [6, 6.07) is 8.43. The molecule has 1 aromatic rings. The van der Waals surface area contributed by atoms with Gasteiger partial charge in [-0.1, -0.05) is 37.6 Å². The Morgan fingerprint density at radius 3 is 2.32 bits per heavy atom. The molecular formula is C19H30ClLiN2O2. The number of hydrogen-bond donors (Lipinski definition) is 1. The van der Waals surface area contributed by atoms with Crippen LogP contribution in [0, 0.1) is 5.41 Å². The summed E-state index contributed by atoms with van der Waals surface area (Å²) >= 11 is 6.07. The fourth-order valence-electron chi connectivity index (χ4n) is 3.79. The molecule has 4 nitrogen and oxygen atoms in total. The molecule has 1 aliphatic carbocycles. The molecule has 6 heteroatoms. The Morgan fingerprint density at radius 2 is 1.72 bits per heavy atom. The first kappa shape index (κ1) is 24.7. The van der Waals surface area contributed by atoms with E-state index in [-0.39, 0.29) is 29.8 Å². The van der Waals surface area contributed by atoms with E-state index in [1.807, 2.05) is 12.1 Å². The van der Waals surface area contributed by atoms with Crippen LogP contribution in [0.2, 0.25) is 5.02 Å². The molecule has 1 fully saturated rings. The van der Waals surface area contributed by atoms with Gasteiger partial charge in [-0.05, 0) is 53.5 Å². The van der Waals surface area contributed by atoms with Crippen LogP contribution >= 0.6 is 11.6 Å². The van der Waals surface area contributed by atoms with Gasteiger partial charge in [-0.3, -0.25) is 4.90 Å². The van der Waals surface area contributed by atoms with Gasteiger partial charge < -0.3 is 16.3 Å². The monoisotopic (exact) mass is 360 g/mol. The van der Waals surface area contributed by atoms with Crippen molar-refractivity contribution in [2.45, 2.75) is 33.1 Å². The van der Waals surface area contributed by atoms with Crippen LogP contribution < -0.4 is 24.2 Å². The summed E-state index contributed by atoms with van der Waals surface area (Å²) in [5.41, 5.74) is 4.87. The molecule has 0 spiro atoms. The average molecular weight is 361 g/mol. The van der Waals surface area contributed by atoms with Crippen LogP contribution in [0.5, 0.6) is 0 Å². The van der Waals surface area contributed by atoms with Gasteiger partial charge >= 0.3 is 18.9 Å². The van der Waals surface area contributed by atoms with Gasteiger partial charge in [0, 0.05) is 37.7 Å². The minimum Gasteiger partial charge on any atom is -0.870 e. The van der Waals surface area contributed by atoms with Crippen molar-refractivity contribution in [1.29, 1.82) is 0 Å². The van der Waals surface area contributed by atoms with Gasteiger partial charge in [0.25, 0.3) is 0 Å². The molecule has 25 heavy (non-hydrogen) atoms. The van der Waals surface area contributed by atoms with Crippen LogP contribution in [0.25, 0.3) is 5.57 Å². The number of nitrogens with zero attached hydrogens (tertiary/aromatic N) is 1. The van der Waals surface area contributed by atoms with E-state index in [0.29, 0.717) is 5.41 Å². The van der Waals surface area contributed by atoms with E-state index >= 15 is 0 Å². The molecule has 0 amide bonds. The number of halogens is 1. The smallest absolute Gasteiger partial charge is 0.870 e. The first-order valence-corrected chi connectivity index (χ1v) is 8.85. The quantitative estimate of drug-likeness (QED) is 0.783. The third kappa shape index (κ3) is 6.11. The zero-order chi connectivity index (χ0) is 15.6. The molecule has 3 rings (SSSR count). The van der Waals surface area contributed by atoms with Gasteiger partial charge in [0.1, 0.15) is 0 Å². The average Bonchev–Trinajstić information content (AvgIpc) is 2.51. The Morgan fingerprint density at radius 1 is 1.12 bits per heavy atom. The topological polar surface area (TPSA) is 76.8 Å². The van der Waals surface area contributed by atoms with Gasteiger partial charge in [-0.2, -0.15) is 0 Å². The fourth-order valence-corrected chi connectivity index (χ4v) is 3.92. The van der Waals surface area contributed by atoms with E-state index in [4.69, 9.17) is 11.6 Å². The van der Waals surface area contributed by atoms with Gasteiger partial charge in [0.05, 0.1) is 0 Å². The molecule has 0 saturated carbocycles. The third-order valence-electron chi connectivity index (χ3n) is 5.19. The molecule has 1 saturated heterocycles. The summed E-state index contributed by atoms with van der Waals surface area (Å²) in [5, 5.41) is 4.27. The molecule has 1 aromatic carbocycles. The molecular weight excluding hydrogens is 331 g/mol. The van der Waals surface area contributed by atoms with Crippen molar-refractivity contribution in [2.75, 3.05) is 32.7 Å². The van der Waals surface area contributed by atoms with Gasteiger partial charge in [-0.15, -0.1) is 0 Å². The molecule has 0 aromatic heterocycles. The fraction of sp³-hybridized carbons (Fsp3) is 0.579. The molecule has 1 aliphatic heterocycles. The Labute approximate surface area is 168 Å². The number of hydrogen-bond acceptors (Lipinski definition) is 3. The van der Waals surface area contributed by atoms with Crippen molar-refractivity contribution in [2.24, 2.45) is 5.41 Å². The van der Waals surface area contributed by atoms with Crippen LogP contribution in [0.4, 0.5) is 0 Å². The second-order valence-electron chi connectivity index (χ2n) is 7.23. The number of allylic oxidation sites excluding steroid dienone is 1. The molecule has 2 aliphatic rings. The maximum Gasteiger partial charge on any atom is 1.00 e. The molecule has 1 heterocycles. The van der Waals surface area contributed by atoms with E-state index in [1.54, 1.807) is 11.1 Å². The van der Waals surface area contributed by atoms with Crippen LogP contribution in [0.3, 0.4) is 0 Å². The van der Waals surface area contributed by atoms with Crippen molar-refractivity contribution in [3.05, 3.63) is 40.4 Å². The van der Waals surface area contributed by atoms with E-state index in [0.717, 1.165) is 37.7 Å². The zero-order valence-corrected chi connectivity index (χ0v) is 16.5. The predicted octanol–water partition coefficient (Wildman–Crippen LogP) is 0.211. The predicted molar refractivity (Wildman–Crippen MR) is 101 cm³/mol. The van der Waals surface area contributed by atoms with Crippen molar-refractivity contribution < 1.29 is 29.8 Å². The summed E-state index contributed by atoms with van der Waals surface area (Å²) in [5.74, 6) is 0. The summed E-state index contributed by atoms with van der Waals surface area (Å²) in [4.78, 5) is 2.61. The minimum absolute atomic E-state index is 0. The largest absolute Gasteiger partial charge is 1.00 e. The number of piperazine rings is 1. The minimum atomic E-state index is 0. The van der Waals surface area contributed by atoms with Crippen LogP contribution in [-0.2, 0) is 0 Å². The number of rotatable bonds is 3. The maximum absolute atomic E-state index is 6.07. The van der Waals surface area contributed by atoms with Crippen molar-refractivity contribution in [3.8, 4) is 0 Å². The van der Waals surface area contributed by atoms with Gasteiger partial charge in [-0.25, -0.2) is 0 Å². The molecule has 0 bridgehead atoms. The van der Waals surface area contributed by atoms with Crippen LogP contribution in [-0.4, -0.2) is 48.6 Å². The van der Waals surface area contributed by atoms with Crippen molar-refractivity contribution in [1.82, 2.24) is 10.2 Å². The second-order valence-corrected chi connectivity index (χ2v) is 7.66. The van der Waals surface area contributed by atoms with E-state index in [2.05, 4.69) is 36.2 Å². The number of nitrogens with one attached hydrogen (secondary N) is 1. The summed E-state index contributed by atoms with van der Waals surface area (Å²) < 4.78 is 0. The molecule has 0 radical (unpaired) electrons. The maximum atomic E-state index is 6.07. The van der Waals surface area contributed by atoms with Gasteiger partial charge in [0.2, 0.25) is 0 Å². The summed E-state index contributed by atoms with van der Waals surface area (Å²) in [6.45, 7) is 10.5. The SMILES string of the molecule is CC1(C)CCCC(c2ccc(Cl)cc2)=C1CN1CCNCC1.O.[Li+].[OH-]. The summed E-state index contributed by atoms with van der Waals surface area (Å²) in [7, 11) is 0. The first-order valence-electron chi connectivity index (χ1n) is 8.48. The zero-order valence-electron chi connectivity index (χ0n) is 15.7. The normalized spacial score (nSPS) is 20.1. The molecule has 136 valence electrons. The number of benzene rings is 1. The molecule has 0 atom stereocenters. The summed E-state index contributed by atoms with van der Waals surface area (Å²) in [6.07, 6.45) is 3.79. The van der Waals surface area contributed by atoms with Gasteiger partial charge in [0.15, 0.2) is 0 Å². The van der Waals surface area contributed by atoms with Crippen LogP contribution in [0.1, 0.15) is 38.7 Å². The van der Waals surface area contributed by atoms with E-state index in [1.165, 1.54) is 24.8 Å². The Balaban J connectivity index is 0.00000192. The second kappa shape index (κ2) is 10.7. The Hall–Kier alpha value is -0.313. The first-order chi connectivity index (χ1) is 10.6. The van der Waals surface area contributed by atoms with Crippen LogP contribution in [0.15, 0.2) is 29.8 Å². The molecule has 0 unspecified atom stereocenters. The van der Waals surface area contributed by atoms with E-state index < -0.39 is 0 Å². The Bertz CT molecular complexity index is 555. The van der Waals surface area contributed by atoms with Crippen molar-refractivity contribution in [3.63, 3.8) is 0 Å².